The highest BCUT2D eigenvalue weighted by Gasteiger charge is 2.49. The zero-order valence-electron chi connectivity index (χ0n) is 18.2. The minimum absolute atomic E-state index is 0.0176. The second-order valence-corrected chi connectivity index (χ2v) is 8.33. The Morgan fingerprint density at radius 3 is 2.67 bits per heavy atom. The molecule has 2 fully saturated rings. The van der Waals surface area contributed by atoms with E-state index in [1.54, 1.807) is 7.11 Å². The fourth-order valence-electron chi connectivity index (χ4n) is 4.80. The number of ether oxygens (including phenoxy) is 1. The minimum atomic E-state index is -0.258. The van der Waals surface area contributed by atoms with Gasteiger partial charge in [0.05, 0.1) is 25.6 Å². The van der Waals surface area contributed by atoms with Gasteiger partial charge in [-0.25, -0.2) is 0 Å². The number of carbonyl (C=O) groups is 2. The van der Waals surface area contributed by atoms with Crippen LogP contribution in [0.25, 0.3) is 0 Å². The van der Waals surface area contributed by atoms with Crippen LogP contribution in [0.2, 0.25) is 0 Å². The van der Waals surface area contributed by atoms with E-state index >= 15 is 0 Å². The van der Waals surface area contributed by atoms with Gasteiger partial charge in [0.1, 0.15) is 5.75 Å². The first-order chi connectivity index (χ1) is 14.6. The second kappa shape index (κ2) is 10.8. The Hall–Kier alpha value is -2.12. The highest BCUT2D eigenvalue weighted by atomic mass is 16.5. The van der Waals surface area contributed by atoms with E-state index in [9.17, 15) is 9.59 Å². The van der Waals surface area contributed by atoms with Crippen molar-refractivity contribution in [2.75, 3.05) is 39.9 Å². The van der Waals surface area contributed by atoms with Crippen molar-refractivity contribution in [3.63, 3.8) is 0 Å². The fraction of sp³-hybridized carbons (Fsp3) is 0.652. The van der Waals surface area contributed by atoms with E-state index in [-0.39, 0.29) is 36.4 Å². The van der Waals surface area contributed by atoms with Crippen LogP contribution in [0.1, 0.15) is 50.6 Å². The molecule has 0 aromatic heterocycles. The number of nitrogens with one attached hydrogen (secondary N) is 1. The predicted molar refractivity (Wildman–Crippen MR) is 115 cm³/mol. The van der Waals surface area contributed by atoms with Crippen LogP contribution in [0.5, 0.6) is 5.75 Å². The number of piperazine rings is 1. The number of benzene rings is 1. The van der Waals surface area contributed by atoms with Crippen LogP contribution in [0.4, 0.5) is 0 Å². The topological polar surface area (TPSA) is 82.1 Å². The normalized spacial score (nSPS) is 24.0. The maximum Gasteiger partial charge on any atom is 0.237 e. The van der Waals surface area contributed by atoms with E-state index in [4.69, 9.17) is 9.84 Å². The first kappa shape index (κ1) is 22.6. The third-order valence-electron chi connectivity index (χ3n) is 6.18. The zero-order valence-corrected chi connectivity index (χ0v) is 18.2. The number of methoxy groups -OCH3 is 1. The molecular formula is C23H35N3O4. The quantitative estimate of drug-likeness (QED) is 0.569. The molecule has 1 aromatic rings. The number of hydrogen-bond donors (Lipinski definition) is 2. The number of carbonyl (C=O) groups excluding carboxylic acids is 2. The molecule has 2 aliphatic rings. The highest BCUT2D eigenvalue weighted by Crippen LogP contribution is 2.43. The van der Waals surface area contributed by atoms with Crippen LogP contribution >= 0.6 is 0 Å². The van der Waals surface area contributed by atoms with Crippen LogP contribution in [0.3, 0.4) is 0 Å². The van der Waals surface area contributed by atoms with Crippen LogP contribution in [-0.4, -0.2) is 72.7 Å². The van der Waals surface area contributed by atoms with Crippen LogP contribution in [0, 0.1) is 5.92 Å². The Morgan fingerprint density at radius 2 is 2.00 bits per heavy atom. The van der Waals surface area contributed by atoms with Crippen molar-refractivity contribution in [1.29, 1.82) is 0 Å². The molecule has 1 aromatic carbocycles. The van der Waals surface area contributed by atoms with Gasteiger partial charge in [0.25, 0.3) is 0 Å². The standard InChI is InChI=1S/C23H35N3O4/c1-3-12-25-15-18-14-20(23(29)24-11-5-4-6-13-27)22(26(18)21(28)16-25)17-7-9-19(30-2)10-8-17/h7-10,18,20,22,27H,3-6,11-16H2,1-2H3,(H,24,29)/t18-,20-,22-/m0/s1. The van der Waals surface area contributed by atoms with Gasteiger partial charge in [-0.3, -0.25) is 14.5 Å². The largest absolute Gasteiger partial charge is 0.497 e. The number of nitrogens with zero attached hydrogens (tertiary/aromatic N) is 2. The molecule has 3 atom stereocenters. The maximum atomic E-state index is 13.1. The highest BCUT2D eigenvalue weighted by molar-refractivity contribution is 5.85. The summed E-state index contributed by atoms with van der Waals surface area (Å²) in [6.45, 7) is 5.07. The maximum absolute atomic E-state index is 13.1. The van der Waals surface area contributed by atoms with Gasteiger partial charge in [-0.2, -0.15) is 0 Å². The molecule has 0 aliphatic carbocycles. The molecular weight excluding hydrogens is 382 g/mol. The first-order valence-electron chi connectivity index (χ1n) is 11.1. The lowest BCUT2D eigenvalue weighted by Gasteiger charge is -2.40. The van der Waals surface area contributed by atoms with Crippen molar-refractivity contribution in [2.24, 2.45) is 5.92 Å². The first-order valence-corrected chi connectivity index (χ1v) is 11.1. The van der Waals surface area contributed by atoms with Gasteiger partial charge < -0.3 is 20.1 Å². The summed E-state index contributed by atoms with van der Waals surface area (Å²) < 4.78 is 5.28. The molecule has 30 heavy (non-hydrogen) atoms. The van der Waals surface area contributed by atoms with E-state index in [2.05, 4.69) is 17.1 Å². The lowest BCUT2D eigenvalue weighted by atomic mass is 9.92. The van der Waals surface area contributed by atoms with Gasteiger partial charge in [0.15, 0.2) is 0 Å². The molecule has 7 nitrogen and oxygen atoms in total. The number of hydrogen-bond acceptors (Lipinski definition) is 5. The summed E-state index contributed by atoms with van der Waals surface area (Å²) in [6, 6.07) is 7.55. The van der Waals surface area contributed by atoms with Crippen molar-refractivity contribution in [1.82, 2.24) is 15.1 Å². The smallest absolute Gasteiger partial charge is 0.237 e. The van der Waals surface area contributed by atoms with Gasteiger partial charge in [0, 0.05) is 25.7 Å². The number of aliphatic hydroxyl groups excluding tert-OH is 1. The van der Waals surface area contributed by atoms with Crippen molar-refractivity contribution in [2.45, 2.75) is 51.1 Å². The summed E-state index contributed by atoms with van der Waals surface area (Å²) in [7, 11) is 1.63. The molecule has 0 bridgehead atoms. The number of fused-ring (bicyclic) bond motifs is 1. The molecule has 2 amide bonds. The Kier molecular flexibility index (Phi) is 8.10. The molecule has 2 saturated heterocycles. The second-order valence-electron chi connectivity index (χ2n) is 8.33. The third kappa shape index (κ3) is 5.13. The van der Waals surface area contributed by atoms with Crippen molar-refractivity contribution < 1.29 is 19.4 Å². The molecule has 0 radical (unpaired) electrons. The van der Waals surface area contributed by atoms with Crippen LogP contribution in [-0.2, 0) is 9.59 Å². The van der Waals surface area contributed by atoms with Gasteiger partial charge in [-0.15, -0.1) is 0 Å². The van der Waals surface area contributed by atoms with E-state index in [0.29, 0.717) is 19.5 Å². The van der Waals surface area contributed by atoms with E-state index < -0.39 is 0 Å². The molecule has 7 heteroatoms. The summed E-state index contributed by atoms with van der Waals surface area (Å²) in [6.07, 6.45) is 4.20. The van der Waals surface area contributed by atoms with Crippen molar-refractivity contribution >= 4 is 11.8 Å². The number of aliphatic hydroxyl groups is 1. The average Bonchev–Trinajstić information content (AvgIpc) is 3.14. The lowest BCUT2D eigenvalue weighted by Crippen LogP contribution is -2.54. The van der Waals surface area contributed by atoms with E-state index in [0.717, 1.165) is 50.1 Å². The van der Waals surface area contributed by atoms with Gasteiger partial charge in [-0.05, 0) is 56.3 Å². The summed E-state index contributed by atoms with van der Waals surface area (Å²) in [5.41, 5.74) is 0.982. The third-order valence-corrected chi connectivity index (χ3v) is 6.18. The van der Waals surface area contributed by atoms with Gasteiger partial charge in [-0.1, -0.05) is 19.1 Å². The monoisotopic (exact) mass is 417 g/mol. The summed E-state index contributed by atoms with van der Waals surface area (Å²) in [4.78, 5) is 30.4. The minimum Gasteiger partial charge on any atom is -0.497 e. The number of unbranched alkanes of at least 4 members (excludes halogenated alkanes) is 2. The Labute approximate surface area is 179 Å². The molecule has 0 unspecified atom stereocenters. The predicted octanol–water partition coefficient (Wildman–Crippen LogP) is 1.96. The fourth-order valence-corrected chi connectivity index (χ4v) is 4.80. The van der Waals surface area contributed by atoms with Crippen LogP contribution in [0.15, 0.2) is 24.3 Å². The summed E-state index contributed by atoms with van der Waals surface area (Å²) >= 11 is 0. The Balaban J connectivity index is 1.78. The molecule has 0 saturated carbocycles. The molecule has 0 spiro atoms. The van der Waals surface area contributed by atoms with Crippen LogP contribution < -0.4 is 10.1 Å². The molecule has 2 aliphatic heterocycles. The average molecular weight is 418 g/mol. The Bertz CT molecular complexity index is 709. The molecule has 3 rings (SSSR count). The van der Waals surface area contributed by atoms with Gasteiger partial charge in [0.2, 0.25) is 11.8 Å². The van der Waals surface area contributed by atoms with E-state index in [1.807, 2.05) is 29.2 Å². The Morgan fingerprint density at radius 1 is 1.23 bits per heavy atom. The SMILES string of the molecule is CCCN1CC(=O)N2[C@@H](C[C@H](C(=O)NCCCCCO)[C@@H]2c2ccc(OC)cc2)C1. The summed E-state index contributed by atoms with van der Waals surface area (Å²) in [5, 5.41) is 12.0. The number of rotatable bonds is 10. The molecule has 2 heterocycles. The number of amides is 2. The molecule has 166 valence electrons. The van der Waals surface area contributed by atoms with E-state index in [1.165, 1.54) is 0 Å². The van der Waals surface area contributed by atoms with Crippen molar-refractivity contribution in [3.8, 4) is 5.75 Å². The van der Waals surface area contributed by atoms with Gasteiger partial charge >= 0.3 is 0 Å². The molecule has 2 N–H and O–H groups in total. The lowest BCUT2D eigenvalue weighted by molar-refractivity contribution is -0.140. The van der Waals surface area contributed by atoms with Crippen molar-refractivity contribution in [3.05, 3.63) is 29.8 Å². The zero-order chi connectivity index (χ0) is 21.5. The summed E-state index contributed by atoms with van der Waals surface area (Å²) in [5.74, 6) is 0.631.